The standard InChI is InChI=1S/C17H25N3O2S/c1-6-10-18-15(23)19-14-9-7-8-13(11-14)12(2)22-16(21)20-17(3,4)5/h6-9,11-12H,1,10H2,2-5H3,(H,20,21)(H2,18,19,23)/t12-/m1/s1. The van der Waals surface area contributed by atoms with Gasteiger partial charge >= 0.3 is 6.09 Å². The van der Waals surface area contributed by atoms with Crippen molar-refractivity contribution in [3.63, 3.8) is 0 Å². The Morgan fingerprint density at radius 2 is 2.13 bits per heavy atom. The first-order valence-corrected chi connectivity index (χ1v) is 7.86. The third-order valence-electron chi connectivity index (χ3n) is 2.78. The molecular weight excluding hydrogens is 310 g/mol. The maximum absolute atomic E-state index is 11.8. The first-order valence-electron chi connectivity index (χ1n) is 7.46. The molecule has 0 aromatic heterocycles. The second-order valence-electron chi connectivity index (χ2n) is 6.17. The fourth-order valence-electron chi connectivity index (χ4n) is 1.77. The van der Waals surface area contributed by atoms with E-state index in [0.29, 0.717) is 11.7 Å². The summed E-state index contributed by atoms with van der Waals surface area (Å²) >= 11 is 5.17. The van der Waals surface area contributed by atoms with Crippen LogP contribution >= 0.6 is 12.2 Å². The molecular formula is C17H25N3O2S. The molecule has 1 amide bonds. The Kier molecular flexibility index (Phi) is 7.03. The third kappa shape index (κ3) is 7.65. The van der Waals surface area contributed by atoms with Crippen molar-refractivity contribution in [2.45, 2.75) is 39.3 Å². The van der Waals surface area contributed by atoms with E-state index < -0.39 is 6.09 Å². The molecule has 0 saturated heterocycles. The molecule has 0 aliphatic rings. The van der Waals surface area contributed by atoms with Crippen LogP contribution < -0.4 is 16.0 Å². The van der Waals surface area contributed by atoms with Gasteiger partial charge in [-0.05, 0) is 57.6 Å². The first-order chi connectivity index (χ1) is 10.7. The van der Waals surface area contributed by atoms with E-state index >= 15 is 0 Å². The number of amides is 1. The van der Waals surface area contributed by atoms with Gasteiger partial charge in [-0.3, -0.25) is 0 Å². The summed E-state index contributed by atoms with van der Waals surface area (Å²) in [6.07, 6.45) is 0.925. The minimum atomic E-state index is -0.438. The maximum Gasteiger partial charge on any atom is 0.408 e. The van der Waals surface area contributed by atoms with E-state index in [1.54, 1.807) is 6.08 Å². The van der Waals surface area contributed by atoms with Crippen LogP contribution in [0, 0.1) is 0 Å². The van der Waals surface area contributed by atoms with Crippen molar-refractivity contribution < 1.29 is 9.53 Å². The van der Waals surface area contributed by atoms with Crippen LogP contribution in [0.15, 0.2) is 36.9 Å². The lowest BCUT2D eigenvalue weighted by Gasteiger charge is -2.22. The zero-order valence-corrected chi connectivity index (χ0v) is 14.9. The molecule has 0 unspecified atom stereocenters. The number of ether oxygens (including phenoxy) is 1. The lowest BCUT2D eigenvalue weighted by Crippen LogP contribution is -2.41. The zero-order chi connectivity index (χ0) is 17.5. The Balaban J connectivity index is 2.66. The van der Waals surface area contributed by atoms with E-state index in [-0.39, 0.29) is 11.6 Å². The van der Waals surface area contributed by atoms with E-state index in [1.807, 2.05) is 52.0 Å². The minimum Gasteiger partial charge on any atom is -0.442 e. The number of nitrogens with one attached hydrogen (secondary N) is 3. The summed E-state index contributed by atoms with van der Waals surface area (Å²) in [5, 5.41) is 9.36. The lowest BCUT2D eigenvalue weighted by atomic mass is 10.1. The molecule has 0 spiro atoms. The van der Waals surface area contributed by atoms with E-state index in [1.165, 1.54) is 0 Å². The van der Waals surface area contributed by atoms with Crippen LogP contribution in [0.4, 0.5) is 10.5 Å². The minimum absolute atomic E-state index is 0.330. The van der Waals surface area contributed by atoms with Crippen molar-refractivity contribution in [2.75, 3.05) is 11.9 Å². The van der Waals surface area contributed by atoms with Gasteiger partial charge in [0.2, 0.25) is 0 Å². The monoisotopic (exact) mass is 335 g/mol. The first kappa shape index (κ1) is 19.0. The highest BCUT2D eigenvalue weighted by Gasteiger charge is 2.18. The molecule has 0 bridgehead atoms. The smallest absolute Gasteiger partial charge is 0.408 e. The predicted octanol–water partition coefficient (Wildman–Crippen LogP) is 3.74. The summed E-state index contributed by atoms with van der Waals surface area (Å²) in [6.45, 7) is 11.8. The molecule has 1 aromatic carbocycles. The summed E-state index contributed by atoms with van der Waals surface area (Å²) in [7, 11) is 0. The molecule has 0 radical (unpaired) electrons. The van der Waals surface area contributed by atoms with Crippen LogP contribution in [0.3, 0.4) is 0 Å². The summed E-state index contributed by atoms with van der Waals surface area (Å²) in [6, 6.07) is 7.58. The van der Waals surface area contributed by atoms with Crippen molar-refractivity contribution in [3.8, 4) is 0 Å². The van der Waals surface area contributed by atoms with Crippen LogP contribution in [-0.4, -0.2) is 23.3 Å². The molecule has 0 aliphatic heterocycles. The van der Waals surface area contributed by atoms with Gasteiger partial charge in [0.15, 0.2) is 5.11 Å². The zero-order valence-electron chi connectivity index (χ0n) is 14.1. The quantitative estimate of drug-likeness (QED) is 0.565. The van der Waals surface area contributed by atoms with Crippen molar-refractivity contribution in [1.82, 2.24) is 10.6 Å². The van der Waals surface area contributed by atoms with E-state index in [2.05, 4.69) is 22.5 Å². The number of carbonyl (C=O) groups excluding carboxylic acids is 1. The highest BCUT2D eigenvalue weighted by molar-refractivity contribution is 7.80. The topological polar surface area (TPSA) is 62.4 Å². The second kappa shape index (κ2) is 8.53. The molecule has 1 aromatic rings. The number of anilines is 1. The van der Waals surface area contributed by atoms with Crippen molar-refractivity contribution in [2.24, 2.45) is 0 Å². The van der Waals surface area contributed by atoms with Crippen LogP contribution in [-0.2, 0) is 4.74 Å². The molecule has 5 nitrogen and oxygen atoms in total. The van der Waals surface area contributed by atoms with Crippen LogP contribution in [0.25, 0.3) is 0 Å². The molecule has 23 heavy (non-hydrogen) atoms. The average molecular weight is 335 g/mol. The Hall–Kier alpha value is -2.08. The van der Waals surface area contributed by atoms with Gasteiger partial charge in [0.1, 0.15) is 6.10 Å². The molecule has 0 aliphatic carbocycles. The average Bonchev–Trinajstić information content (AvgIpc) is 2.43. The Morgan fingerprint density at radius 3 is 2.74 bits per heavy atom. The van der Waals surface area contributed by atoms with Crippen molar-refractivity contribution in [1.29, 1.82) is 0 Å². The Labute approximate surface area is 143 Å². The number of rotatable bonds is 5. The molecule has 1 atom stereocenters. The SMILES string of the molecule is C=CCNC(=S)Nc1cccc([C@@H](C)OC(=O)NC(C)(C)C)c1. The Bertz CT molecular complexity index is 567. The summed E-state index contributed by atoms with van der Waals surface area (Å²) in [5.41, 5.74) is 1.38. The molecule has 3 N–H and O–H groups in total. The van der Waals surface area contributed by atoms with Gasteiger partial charge in [-0.25, -0.2) is 4.79 Å². The number of benzene rings is 1. The second-order valence-corrected chi connectivity index (χ2v) is 6.58. The van der Waals surface area contributed by atoms with E-state index in [4.69, 9.17) is 17.0 Å². The van der Waals surface area contributed by atoms with Gasteiger partial charge < -0.3 is 20.7 Å². The number of hydrogen-bond acceptors (Lipinski definition) is 3. The molecule has 0 fully saturated rings. The normalized spacial score (nSPS) is 12.0. The fraction of sp³-hybridized carbons (Fsp3) is 0.412. The van der Waals surface area contributed by atoms with E-state index in [9.17, 15) is 4.79 Å². The van der Waals surface area contributed by atoms with Crippen LogP contribution in [0.1, 0.15) is 39.4 Å². The highest BCUT2D eigenvalue weighted by atomic mass is 32.1. The van der Waals surface area contributed by atoms with Gasteiger partial charge in [-0.2, -0.15) is 0 Å². The Morgan fingerprint density at radius 1 is 1.43 bits per heavy atom. The van der Waals surface area contributed by atoms with Gasteiger partial charge in [0.25, 0.3) is 0 Å². The van der Waals surface area contributed by atoms with E-state index in [0.717, 1.165) is 11.3 Å². The van der Waals surface area contributed by atoms with Gasteiger partial charge in [0, 0.05) is 17.8 Å². The van der Waals surface area contributed by atoms with Gasteiger partial charge in [0.05, 0.1) is 0 Å². The van der Waals surface area contributed by atoms with Gasteiger partial charge in [-0.15, -0.1) is 6.58 Å². The van der Waals surface area contributed by atoms with Gasteiger partial charge in [-0.1, -0.05) is 18.2 Å². The highest BCUT2D eigenvalue weighted by Crippen LogP contribution is 2.21. The number of hydrogen-bond donors (Lipinski definition) is 3. The third-order valence-corrected chi connectivity index (χ3v) is 3.03. The fourth-order valence-corrected chi connectivity index (χ4v) is 1.97. The molecule has 1 rings (SSSR count). The molecule has 126 valence electrons. The molecule has 0 heterocycles. The predicted molar refractivity (Wildman–Crippen MR) is 98.6 cm³/mol. The molecule has 6 heteroatoms. The number of carbonyl (C=O) groups is 1. The van der Waals surface area contributed by atoms with Crippen molar-refractivity contribution in [3.05, 3.63) is 42.5 Å². The number of alkyl carbamates (subject to hydrolysis) is 1. The van der Waals surface area contributed by atoms with Crippen LogP contribution in [0.5, 0.6) is 0 Å². The number of thiocarbonyl (C=S) groups is 1. The lowest BCUT2D eigenvalue weighted by molar-refractivity contribution is 0.100. The van der Waals surface area contributed by atoms with Crippen LogP contribution in [0.2, 0.25) is 0 Å². The summed E-state index contributed by atoms with van der Waals surface area (Å²) in [4.78, 5) is 11.8. The largest absolute Gasteiger partial charge is 0.442 e. The summed E-state index contributed by atoms with van der Waals surface area (Å²) in [5.74, 6) is 0. The maximum atomic E-state index is 11.8. The summed E-state index contributed by atoms with van der Waals surface area (Å²) < 4.78 is 5.40. The van der Waals surface area contributed by atoms with Crippen molar-refractivity contribution >= 4 is 29.1 Å². The molecule has 0 saturated carbocycles.